The summed E-state index contributed by atoms with van der Waals surface area (Å²) < 4.78 is -0.960. The summed E-state index contributed by atoms with van der Waals surface area (Å²) >= 11 is 11.9. The minimum absolute atomic E-state index is 0.180. The van der Waals surface area contributed by atoms with Gasteiger partial charge in [0.1, 0.15) is 4.33 Å². The molecule has 0 aromatic heterocycles. The highest BCUT2D eigenvalue weighted by Crippen LogP contribution is 2.64. The first-order chi connectivity index (χ1) is 8.39. The molecule has 1 atom stereocenters. The number of benzene rings is 1. The van der Waals surface area contributed by atoms with E-state index in [0.29, 0.717) is 18.5 Å². The molecule has 1 aromatic rings. The summed E-state index contributed by atoms with van der Waals surface area (Å²) in [5.74, 6) is -0.180. The Kier molecular flexibility index (Phi) is 3.27. The van der Waals surface area contributed by atoms with E-state index >= 15 is 0 Å². The van der Waals surface area contributed by atoms with E-state index < -0.39 is 9.75 Å². The van der Waals surface area contributed by atoms with Gasteiger partial charge in [-0.3, -0.25) is 4.79 Å². The Bertz CT molecular complexity index is 519. The first-order valence-electron chi connectivity index (χ1n) is 5.54. The maximum atomic E-state index is 12.0. The second-order valence-corrected chi connectivity index (χ2v) is 6.18. The molecule has 1 amide bonds. The lowest BCUT2D eigenvalue weighted by molar-refractivity contribution is -0.120. The second-order valence-electron chi connectivity index (χ2n) is 4.70. The zero-order chi connectivity index (χ0) is 13.4. The number of amides is 1. The van der Waals surface area contributed by atoms with Gasteiger partial charge < -0.3 is 5.32 Å². The van der Waals surface area contributed by atoms with E-state index in [-0.39, 0.29) is 5.91 Å². The van der Waals surface area contributed by atoms with Gasteiger partial charge in [-0.1, -0.05) is 12.1 Å². The van der Waals surface area contributed by atoms with Crippen molar-refractivity contribution in [1.82, 2.24) is 0 Å². The molecule has 1 unspecified atom stereocenters. The largest absolute Gasteiger partial charge is 0.326 e. The highest BCUT2D eigenvalue weighted by Gasteiger charge is 2.67. The SMILES string of the molecule is CC1(C(=O)Nc2ccc(CC#N)cc2)CC1(Cl)Cl. The molecule has 0 aliphatic heterocycles. The highest BCUT2D eigenvalue weighted by atomic mass is 35.5. The van der Waals surface area contributed by atoms with Crippen LogP contribution in [-0.4, -0.2) is 10.2 Å². The van der Waals surface area contributed by atoms with Gasteiger partial charge in [-0.25, -0.2) is 0 Å². The van der Waals surface area contributed by atoms with Gasteiger partial charge in [0.2, 0.25) is 5.91 Å². The van der Waals surface area contributed by atoms with E-state index in [4.69, 9.17) is 28.5 Å². The van der Waals surface area contributed by atoms with Crippen LogP contribution in [0.3, 0.4) is 0 Å². The van der Waals surface area contributed by atoms with Crippen LogP contribution in [0.4, 0.5) is 5.69 Å². The maximum Gasteiger partial charge on any atom is 0.233 e. The molecule has 2 rings (SSSR count). The third-order valence-electron chi connectivity index (χ3n) is 3.25. The monoisotopic (exact) mass is 282 g/mol. The van der Waals surface area contributed by atoms with Crippen molar-refractivity contribution in [2.45, 2.75) is 24.1 Å². The normalized spacial score (nSPS) is 24.1. The van der Waals surface area contributed by atoms with Crippen molar-refractivity contribution in [3.63, 3.8) is 0 Å². The van der Waals surface area contributed by atoms with Crippen molar-refractivity contribution in [3.8, 4) is 6.07 Å². The molecule has 1 fully saturated rings. The Morgan fingerprint density at radius 3 is 2.44 bits per heavy atom. The smallest absolute Gasteiger partial charge is 0.233 e. The summed E-state index contributed by atoms with van der Waals surface area (Å²) in [7, 11) is 0. The molecule has 3 nitrogen and oxygen atoms in total. The van der Waals surface area contributed by atoms with Crippen LogP contribution in [0.25, 0.3) is 0 Å². The zero-order valence-corrected chi connectivity index (χ0v) is 11.3. The van der Waals surface area contributed by atoms with Gasteiger partial charge >= 0.3 is 0 Å². The van der Waals surface area contributed by atoms with Crippen LogP contribution in [0.2, 0.25) is 0 Å². The summed E-state index contributed by atoms with van der Waals surface area (Å²) in [6.07, 6.45) is 0.819. The number of alkyl halides is 2. The van der Waals surface area contributed by atoms with E-state index in [0.717, 1.165) is 5.56 Å². The number of rotatable bonds is 3. The average molecular weight is 283 g/mol. The van der Waals surface area contributed by atoms with Crippen LogP contribution >= 0.6 is 23.2 Å². The molecule has 1 saturated carbocycles. The Labute approximate surface area is 116 Å². The number of nitriles is 1. The number of hydrogen-bond donors (Lipinski definition) is 1. The summed E-state index contributed by atoms with van der Waals surface area (Å²) in [5.41, 5.74) is 0.873. The molecule has 18 heavy (non-hydrogen) atoms. The van der Waals surface area contributed by atoms with Crippen molar-refractivity contribution in [1.29, 1.82) is 5.26 Å². The molecular formula is C13H12Cl2N2O. The van der Waals surface area contributed by atoms with E-state index in [1.54, 1.807) is 19.1 Å². The fourth-order valence-corrected chi connectivity index (χ4v) is 2.42. The predicted molar refractivity (Wildman–Crippen MR) is 71.5 cm³/mol. The molecule has 1 aliphatic rings. The Morgan fingerprint density at radius 2 is 2.00 bits per heavy atom. The van der Waals surface area contributed by atoms with Crippen LogP contribution in [0.5, 0.6) is 0 Å². The first-order valence-corrected chi connectivity index (χ1v) is 6.30. The minimum atomic E-state index is -0.960. The zero-order valence-electron chi connectivity index (χ0n) is 9.84. The van der Waals surface area contributed by atoms with Crippen molar-refractivity contribution in [2.24, 2.45) is 5.41 Å². The molecule has 0 heterocycles. The number of anilines is 1. The number of carbonyl (C=O) groups excluding carboxylic acids is 1. The van der Waals surface area contributed by atoms with Crippen LogP contribution in [0, 0.1) is 16.7 Å². The molecule has 1 aromatic carbocycles. The van der Waals surface area contributed by atoms with E-state index in [1.165, 1.54) is 0 Å². The number of carbonyl (C=O) groups is 1. The van der Waals surface area contributed by atoms with E-state index in [1.807, 2.05) is 12.1 Å². The lowest BCUT2D eigenvalue weighted by Gasteiger charge is -2.12. The Morgan fingerprint density at radius 1 is 1.44 bits per heavy atom. The number of halogens is 2. The van der Waals surface area contributed by atoms with Crippen LogP contribution in [0.1, 0.15) is 18.9 Å². The van der Waals surface area contributed by atoms with Gasteiger partial charge in [-0.15, -0.1) is 23.2 Å². The van der Waals surface area contributed by atoms with Gasteiger partial charge in [-0.05, 0) is 31.0 Å². The van der Waals surface area contributed by atoms with E-state index in [2.05, 4.69) is 11.4 Å². The third-order valence-corrected chi connectivity index (χ3v) is 4.36. The Balaban J connectivity index is 2.03. The lowest BCUT2D eigenvalue weighted by Crippen LogP contribution is -2.25. The lowest BCUT2D eigenvalue weighted by atomic mass is 10.1. The minimum Gasteiger partial charge on any atom is -0.326 e. The first kappa shape index (κ1) is 13.2. The van der Waals surface area contributed by atoms with Crippen molar-refractivity contribution >= 4 is 34.8 Å². The molecule has 1 N–H and O–H groups in total. The van der Waals surface area contributed by atoms with Crippen LogP contribution in [-0.2, 0) is 11.2 Å². The van der Waals surface area contributed by atoms with Crippen LogP contribution in [0.15, 0.2) is 24.3 Å². The predicted octanol–water partition coefficient (Wildman–Crippen LogP) is 3.28. The van der Waals surface area contributed by atoms with Gasteiger partial charge in [0.15, 0.2) is 0 Å². The molecule has 0 radical (unpaired) electrons. The molecular weight excluding hydrogens is 271 g/mol. The summed E-state index contributed by atoms with van der Waals surface area (Å²) in [5, 5.41) is 11.3. The van der Waals surface area contributed by atoms with Gasteiger partial charge in [0.25, 0.3) is 0 Å². The second kappa shape index (κ2) is 4.46. The third kappa shape index (κ3) is 2.31. The van der Waals surface area contributed by atoms with Crippen LogP contribution < -0.4 is 5.32 Å². The molecule has 0 bridgehead atoms. The van der Waals surface area contributed by atoms with Crippen molar-refractivity contribution in [2.75, 3.05) is 5.32 Å². The summed E-state index contributed by atoms with van der Waals surface area (Å²) in [6, 6.07) is 9.21. The molecule has 1 aliphatic carbocycles. The maximum absolute atomic E-state index is 12.0. The molecule has 5 heteroatoms. The van der Waals surface area contributed by atoms with Crippen molar-refractivity contribution in [3.05, 3.63) is 29.8 Å². The molecule has 0 spiro atoms. The summed E-state index contributed by atoms with van der Waals surface area (Å²) in [6.45, 7) is 1.74. The van der Waals surface area contributed by atoms with Gasteiger partial charge in [0, 0.05) is 5.69 Å². The number of nitrogens with zero attached hydrogens (tertiary/aromatic N) is 1. The summed E-state index contributed by atoms with van der Waals surface area (Å²) in [4.78, 5) is 12.0. The number of hydrogen-bond acceptors (Lipinski definition) is 2. The van der Waals surface area contributed by atoms with Crippen molar-refractivity contribution < 1.29 is 4.79 Å². The fraction of sp³-hybridized carbons (Fsp3) is 0.385. The molecule has 0 saturated heterocycles. The number of nitrogens with one attached hydrogen (secondary N) is 1. The average Bonchev–Trinajstić information content (AvgIpc) is 2.83. The topological polar surface area (TPSA) is 52.9 Å². The standard InChI is InChI=1S/C13H12Cl2N2O/c1-12(8-13(12,14)15)11(18)17-10-4-2-9(3-5-10)6-7-16/h2-5H,6,8H2,1H3,(H,17,18). The molecule has 94 valence electrons. The van der Waals surface area contributed by atoms with Gasteiger partial charge in [0.05, 0.1) is 17.9 Å². The van der Waals surface area contributed by atoms with E-state index in [9.17, 15) is 4.79 Å². The fourth-order valence-electron chi connectivity index (χ4n) is 1.71. The Hall–Kier alpha value is -1.24. The highest BCUT2D eigenvalue weighted by molar-refractivity contribution is 6.53. The quantitative estimate of drug-likeness (QED) is 0.865. The van der Waals surface area contributed by atoms with Gasteiger partial charge in [-0.2, -0.15) is 5.26 Å².